The van der Waals surface area contributed by atoms with Crippen LogP contribution in [0.4, 0.5) is 0 Å². The van der Waals surface area contributed by atoms with Gasteiger partial charge in [0.05, 0.1) is 5.56 Å². The van der Waals surface area contributed by atoms with Gasteiger partial charge in [-0.2, -0.15) is 0 Å². The van der Waals surface area contributed by atoms with Crippen LogP contribution in [0.3, 0.4) is 0 Å². The van der Waals surface area contributed by atoms with Crippen LogP contribution in [0.1, 0.15) is 39.9 Å². The summed E-state index contributed by atoms with van der Waals surface area (Å²) in [5, 5.41) is 9.32. The third-order valence-electron chi connectivity index (χ3n) is 3.64. The Morgan fingerprint density at radius 2 is 1.89 bits per heavy atom. The Kier molecular flexibility index (Phi) is 3.07. The van der Waals surface area contributed by atoms with Crippen molar-refractivity contribution in [1.29, 1.82) is 0 Å². The Morgan fingerprint density at radius 1 is 1.16 bits per heavy atom. The minimum Gasteiger partial charge on any atom is -0.478 e. The van der Waals surface area contributed by atoms with Crippen LogP contribution in [0.2, 0.25) is 0 Å². The van der Waals surface area contributed by atoms with E-state index < -0.39 is 5.97 Å². The van der Waals surface area contributed by atoms with E-state index in [9.17, 15) is 9.90 Å². The summed E-state index contributed by atoms with van der Waals surface area (Å²) in [5.41, 5.74) is 4.14. The molecule has 0 aromatic heterocycles. The molecule has 0 saturated carbocycles. The highest BCUT2D eigenvalue weighted by Gasteiger charge is 2.23. The van der Waals surface area contributed by atoms with E-state index >= 15 is 0 Å². The van der Waals surface area contributed by atoms with Crippen molar-refractivity contribution in [3.05, 3.63) is 64.7 Å². The summed E-state index contributed by atoms with van der Waals surface area (Å²) in [5.74, 6) is 0.223. The molecule has 1 unspecified atom stereocenters. The number of thioether (sulfide) groups is 1. The van der Waals surface area contributed by atoms with Gasteiger partial charge in [-0.05, 0) is 22.8 Å². The van der Waals surface area contributed by atoms with E-state index in [2.05, 4.69) is 19.1 Å². The molecule has 0 saturated heterocycles. The normalized spacial score (nSPS) is 17.2. The van der Waals surface area contributed by atoms with Gasteiger partial charge in [0.1, 0.15) is 0 Å². The predicted octanol–water partition coefficient (Wildman–Crippen LogP) is 4.14. The lowest BCUT2D eigenvalue weighted by atomic mass is 9.89. The molecule has 0 spiro atoms. The number of hydrogen-bond donors (Lipinski definition) is 1. The van der Waals surface area contributed by atoms with Gasteiger partial charge < -0.3 is 5.11 Å². The zero-order valence-electron chi connectivity index (χ0n) is 10.6. The van der Waals surface area contributed by atoms with Crippen LogP contribution in [-0.4, -0.2) is 11.1 Å². The van der Waals surface area contributed by atoms with Crippen molar-refractivity contribution < 1.29 is 9.90 Å². The number of carbonyl (C=O) groups is 1. The zero-order chi connectivity index (χ0) is 13.4. The Bertz CT molecular complexity index is 649. The second kappa shape index (κ2) is 4.74. The van der Waals surface area contributed by atoms with Gasteiger partial charge in [-0.1, -0.05) is 43.3 Å². The molecule has 19 heavy (non-hydrogen) atoms. The summed E-state index contributed by atoms with van der Waals surface area (Å²) < 4.78 is 0. The lowest BCUT2D eigenvalue weighted by Gasteiger charge is -2.15. The van der Waals surface area contributed by atoms with E-state index in [0.717, 1.165) is 16.2 Å². The Labute approximate surface area is 116 Å². The number of carboxylic acid groups (broad SMARTS) is 1. The molecule has 2 nitrogen and oxygen atoms in total. The van der Waals surface area contributed by atoms with Gasteiger partial charge in [0, 0.05) is 16.6 Å². The fourth-order valence-electron chi connectivity index (χ4n) is 2.63. The summed E-state index contributed by atoms with van der Waals surface area (Å²) in [6.07, 6.45) is 0. The lowest BCUT2D eigenvalue weighted by molar-refractivity contribution is 0.0693. The van der Waals surface area contributed by atoms with Gasteiger partial charge in [0.25, 0.3) is 0 Å². The summed E-state index contributed by atoms with van der Waals surface area (Å²) in [6, 6.07) is 13.9. The fourth-order valence-corrected chi connectivity index (χ4v) is 3.92. The highest BCUT2D eigenvalue weighted by Crippen LogP contribution is 2.41. The maximum atomic E-state index is 11.4. The molecule has 0 amide bonds. The third kappa shape index (κ3) is 2.04. The van der Waals surface area contributed by atoms with Crippen molar-refractivity contribution in [2.24, 2.45) is 0 Å². The molecule has 2 aromatic rings. The number of benzene rings is 2. The zero-order valence-corrected chi connectivity index (χ0v) is 11.4. The first kappa shape index (κ1) is 12.3. The number of hydrogen-bond acceptors (Lipinski definition) is 2. The van der Waals surface area contributed by atoms with E-state index in [1.165, 1.54) is 11.1 Å². The first-order chi connectivity index (χ1) is 9.18. The topological polar surface area (TPSA) is 37.3 Å². The SMILES string of the molecule is CC1c2ccccc2CSc2c(C(=O)O)cccc21. The average Bonchev–Trinajstić information content (AvgIpc) is 2.57. The van der Waals surface area contributed by atoms with Crippen LogP contribution in [0.5, 0.6) is 0 Å². The van der Waals surface area contributed by atoms with E-state index in [1.54, 1.807) is 17.8 Å². The van der Waals surface area contributed by atoms with E-state index in [1.807, 2.05) is 24.3 Å². The molecule has 0 fully saturated rings. The van der Waals surface area contributed by atoms with E-state index in [4.69, 9.17) is 0 Å². The van der Waals surface area contributed by atoms with Crippen molar-refractivity contribution in [1.82, 2.24) is 0 Å². The average molecular weight is 270 g/mol. The van der Waals surface area contributed by atoms with Crippen molar-refractivity contribution in [3.63, 3.8) is 0 Å². The molecule has 0 aliphatic carbocycles. The highest BCUT2D eigenvalue weighted by molar-refractivity contribution is 7.98. The second-order valence-electron chi connectivity index (χ2n) is 4.74. The summed E-state index contributed by atoms with van der Waals surface area (Å²) >= 11 is 1.63. The van der Waals surface area contributed by atoms with Gasteiger partial charge in [-0.25, -0.2) is 4.79 Å². The van der Waals surface area contributed by atoms with Crippen molar-refractivity contribution >= 4 is 17.7 Å². The molecular formula is C16H14O2S. The molecule has 1 heterocycles. The molecule has 2 aromatic carbocycles. The number of fused-ring (bicyclic) bond motifs is 2. The molecule has 3 heteroatoms. The largest absolute Gasteiger partial charge is 0.478 e. The summed E-state index contributed by atoms with van der Waals surface area (Å²) in [6.45, 7) is 2.15. The molecule has 3 rings (SSSR count). The van der Waals surface area contributed by atoms with E-state index in [0.29, 0.717) is 5.56 Å². The monoisotopic (exact) mass is 270 g/mol. The third-order valence-corrected chi connectivity index (χ3v) is 4.84. The smallest absolute Gasteiger partial charge is 0.336 e. The Morgan fingerprint density at radius 3 is 2.68 bits per heavy atom. The highest BCUT2D eigenvalue weighted by atomic mass is 32.2. The summed E-state index contributed by atoms with van der Waals surface area (Å²) in [4.78, 5) is 12.3. The van der Waals surface area contributed by atoms with Crippen LogP contribution in [0.25, 0.3) is 0 Å². The molecule has 96 valence electrons. The van der Waals surface area contributed by atoms with Crippen LogP contribution in [0, 0.1) is 0 Å². The molecular weight excluding hydrogens is 256 g/mol. The molecule has 1 atom stereocenters. The van der Waals surface area contributed by atoms with Crippen LogP contribution >= 0.6 is 11.8 Å². The lowest BCUT2D eigenvalue weighted by Crippen LogP contribution is -2.03. The van der Waals surface area contributed by atoms with Gasteiger partial charge in [0.15, 0.2) is 0 Å². The first-order valence-electron chi connectivity index (χ1n) is 6.25. The van der Waals surface area contributed by atoms with Crippen molar-refractivity contribution in [2.75, 3.05) is 0 Å². The summed E-state index contributed by atoms with van der Waals surface area (Å²) in [7, 11) is 0. The van der Waals surface area contributed by atoms with Crippen LogP contribution < -0.4 is 0 Å². The van der Waals surface area contributed by atoms with E-state index in [-0.39, 0.29) is 5.92 Å². The minimum atomic E-state index is -0.845. The van der Waals surface area contributed by atoms with Crippen LogP contribution in [-0.2, 0) is 5.75 Å². The van der Waals surface area contributed by atoms with Crippen LogP contribution in [0.15, 0.2) is 47.4 Å². The second-order valence-corrected chi connectivity index (χ2v) is 5.72. The Balaban J connectivity index is 2.20. The maximum absolute atomic E-state index is 11.4. The van der Waals surface area contributed by atoms with Gasteiger partial charge in [0.2, 0.25) is 0 Å². The number of rotatable bonds is 1. The quantitative estimate of drug-likeness (QED) is 0.846. The number of carboxylic acids is 1. The molecule has 1 N–H and O–H groups in total. The molecule has 0 radical (unpaired) electrons. The van der Waals surface area contributed by atoms with Crippen molar-refractivity contribution in [3.8, 4) is 0 Å². The first-order valence-corrected chi connectivity index (χ1v) is 7.24. The van der Waals surface area contributed by atoms with Crippen molar-refractivity contribution in [2.45, 2.75) is 23.5 Å². The van der Waals surface area contributed by atoms with Gasteiger partial charge >= 0.3 is 5.97 Å². The fraction of sp³-hybridized carbons (Fsp3) is 0.188. The number of aromatic carboxylic acids is 1. The van der Waals surface area contributed by atoms with Gasteiger partial charge in [-0.15, -0.1) is 11.8 Å². The van der Waals surface area contributed by atoms with Gasteiger partial charge in [-0.3, -0.25) is 0 Å². The standard InChI is InChI=1S/C16H14O2S/c1-10-12-6-3-2-5-11(12)9-19-15-13(10)7-4-8-14(15)16(17)18/h2-8,10H,9H2,1H3,(H,17,18). The molecule has 1 aliphatic heterocycles. The maximum Gasteiger partial charge on any atom is 0.336 e. The predicted molar refractivity (Wildman–Crippen MR) is 76.9 cm³/mol. The minimum absolute atomic E-state index is 0.237. The molecule has 0 bridgehead atoms. The Hall–Kier alpha value is -1.74. The molecule has 1 aliphatic rings.